The molecule has 86 valence electrons. The molecular weight excluding hydrogens is 203 g/mol. The lowest BCUT2D eigenvalue weighted by atomic mass is 9.84. The van der Waals surface area contributed by atoms with E-state index in [1.54, 1.807) is 19.1 Å². The SMILES string of the molecule is C=C(C)c1cc(OC2CC(C)C2)ccc1F. The Kier molecular flexibility index (Phi) is 2.99. The van der Waals surface area contributed by atoms with E-state index in [1.807, 2.05) is 0 Å². The number of halogens is 1. The highest BCUT2D eigenvalue weighted by molar-refractivity contribution is 5.63. The summed E-state index contributed by atoms with van der Waals surface area (Å²) in [6, 6.07) is 4.87. The van der Waals surface area contributed by atoms with Crippen molar-refractivity contribution in [1.29, 1.82) is 0 Å². The first-order valence-electron chi connectivity index (χ1n) is 5.68. The van der Waals surface area contributed by atoms with Crippen LogP contribution in [-0.2, 0) is 0 Å². The Balaban J connectivity index is 2.10. The van der Waals surface area contributed by atoms with Gasteiger partial charge in [-0.05, 0) is 49.5 Å². The molecule has 0 bridgehead atoms. The summed E-state index contributed by atoms with van der Waals surface area (Å²) in [4.78, 5) is 0. The maximum absolute atomic E-state index is 13.4. The monoisotopic (exact) mass is 220 g/mol. The molecule has 2 heteroatoms. The minimum Gasteiger partial charge on any atom is -0.490 e. The van der Waals surface area contributed by atoms with E-state index in [1.165, 1.54) is 6.07 Å². The summed E-state index contributed by atoms with van der Waals surface area (Å²) in [6.45, 7) is 7.77. The van der Waals surface area contributed by atoms with Crippen LogP contribution in [0, 0.1) is 11.7 Å². The highest BCUT2D eigenvalue weighted by atomic mass is 19.1. The molecule has 0 aliphatic heterocycles. The Labute approximate surface area is 95.9 Å². The van der Waals surface area contributed by atoms with Crippen LogP contribution in [0.25, 0.3) is 5.57 Å². The van der Waals surface area contributed by atoms with E-state index in [0.29, 0.717) is 11.7 Å². The third-order valence-corrected chi connectivity index (χ3v) is 3.03. The van der Waals surface area contributed by atoms with Crippen molar-refractivity contribution in [3.05, 3.63) is 36.2 Å². The molecule has 1 fully saturated rings. The lowest BCUT2D eigenvalue weighted by molar-refractivity contribution is 0.0738. The standard InChI is InChI=1S/C14H17FO/c1-9(2)13-8-11(4-5-14(13)15)16-12-6-10(3)7-12/h4-5,8,10,12H,1,6-7H2,2-3H3. The van der Waals surface area contributed by atoms with Gasteiger partial charge < -0.3 is 4.74 Å². The van der Waals surface area contributed by atoms with Gasteiger partial charge in [-0.3, -0.25) is 0 Å². The van der Waals surface area contributed by atoms with Crippen molar-refractivity contribution in [2.24, 2.45) is 5.92 Å². The topological polar surface area (TPSA) is 9.23 Å². The van der Waals surface area contributed by atoms with Crippen molar-refractivity contribution < 1.29 is 9.13 Å². The number of allylic oxidation sites excluding steroid dienone is 1. The molecule has 1 aliphatic carbocycles. The summed E-state index contributed by atoms with van der Waals surface area (Å²) < 4.78 is 19.2. The van der Waals surface area contributed by atoms with Gasteiger partial charge >= 0.3 is 0 Å². The summed E-state index contributed by atoms with van der Waals surface area (Å²) in [5.41, 5.74) is 1.27. The predicted octanol–water partition coefficient (Wildman–Crippen LogP) is 4.04. The maximum atomic E-state index is 13.4. The third kappa shape index (κ3) is 2.26. The molecule has 0 saturated heterocycles. The molecule has 1 nitrogen and oxygen atoms in total. The molecule has 0 radical (unpaired) electrons. The smallest absolute Gasteiger partial charge is 0.130 e. The van der Waals surface area contributed by atoms with E-state index in [4.69, 9.17) is 4.74 Å². The van der Waals surface area contributed by atoms with Gasteiger partial charge in [-0.25, -0.2) is 4.39 Å². The molecule has 0 atom stereocenters. The van der Waals surface area contributed by atoms with Crippen LogP contribution in [0.2, 0.25) is 0 Å². The second-order valence-electron chi connectivity index (χ2n) is 4.74. The molecule has 2 rings (SSSR count). The fourth-order valence-electron chi connectivity index (χ4n) is 2.02. The van der Waals surface area contributed by atoms with E-state index >= 15 is 0 Å². The second-order valence-corrected chi connectivity index (χ2v) is 4.74. The molecule has 1 saturated carbocycles. The quantitative estimate of drug-likeness (QED) is 0.747. The number of ether oxygens (including phenoxy) is 1. The molecule has 1 aromatic carbocycles. The minimum absolute atomic E-state index is 0.234. The Morgan fingerprint density at radius 2 is 2.12 bits per heavy atom. The molecule has 0 amide bonds. The predicted molar refractivity (Wildman–Crippen MR) is 63.9 cm³/mol. The number of rotatable bonds is 3. The van der Waals surface area contributed by atoms with Crippen molar-refractivity contribution in [2.45, 2.75) is 32.8 Å². The van der Waals surface area contributed by atoms with Crippen LogP contribution in [0.15, 0.2) is 24.8 Å². The van der Waals surface area contributed by atoms with Crippen LogP contribution < -0.4 is 4.74 Å². The van der Waals surface area contributed by atoms with Gasteiger partial charge in [-0.2, -0.15) is 0 Å². The zero-order chi connectivity index (χ0) is 11.7. The van der Waals surface area contributed by atoms with Gasteiger partial charge in [0.05, 0.1) is 6.10 Å². The lowest BCUT2D eigenvalue weighted by Gasteiger charge is -2.32. The van der Waals surface area contributed by atoms with Gasteiger partial charge in [0.2, 0.25) is 0 Å². The molecule has 0 N–H and O–H groups in total. The summed E-state index contributed by atoms with van der Waals surface area (Å²) in [7, 11) is 0. The summed E-state index contributed by atoms with van der Waals surface area (Å²) >= 11 is 0. The normalized spacial score (nSPS) is 23.7. The van der Waals surface area contributed by atoms with Crippen molar-refractivity contribution in [3.63, 3.8) is 0 Å². The Morgan fingerprint density at radius 3 is 2.69 bits per heavy atom. The summed E-state index contributed by atoms with van der Waals surface area (Å²) in [5, 5.41) is 0. The van der Waals surface area contributed by atoms with Crippen molar-refractivity contribution >= 4 is 5.57 Å². The van der Waals surface area contributed by atoms with E-state index in [9.17, 15) is 4.39 Å². The van der Waals surface area contributed by atoms with E-state index in [0.717, 1.165) is 30.1 Å². The number of hydrogen-bond donors (Lipinski definition) is 0. The van der Waals surface area contributed by atoms with E-state index < -0.39 is 0 Å². The van der Waals surface area contributed by atoms with Crippen LogP contribution in [0.1, 0.15) is 32.3 Å². The molecule has 0 aromatic heterocycles. The van der Waals surface area contributed by atoms with Crippen molar-refractivity contribution in [3.8, 4) is 5.75 Å². The van der Waals surface area contributed by atoms with E-state index in [-0.39, 0.29) is 5.82 Å². The zero-order valence-corrected chi connectivity index (χ0v) is 9.79. The first kappa shape index (κ1) is 11.2. The first-order chi connectivity index (χ1) is 7.56. The third-order valence-electron chi connectivity index (χ3n) is 3.03. The van der Waals surface area contributed by atoms with Crippen LogP contribution >= 0.6 is 0 Å². The Bertz CT molecular complexity index is 405. The first-order valence-corrected chi connectivity index (χ1v) is 5.68. The van der Waals surface area contributed by atoms with Crippen molar-refractivity contribution in [2.75, 3.05) is 0 Å². The largest absolute Gasteiger partial charge is 0.490 e. The molecule has 16 heavy (non-hydrogen) atoms. The number of hydrogen-bond acceptors (Lipinski definition) is 1. The fraction of sp³-hybridized carbons (Fsp3) is 0.429. The van der Waals surface area contributed by atoms with Crippen LogP contribution in [-0.4, -0.2) is 6.10 Å². The molecule has 0 unspecified atom stereocenters. The second kappa shape index (κ2) is 4.28. The minimum atomic E-state index is -0.234. The molecule has 0 spiro atoms. The average Bonchev–Trinajstić information content (AvgIpc) is 2.18. The van der Waals surface area contributed by atoms with Crippen LogP contribution in [0.4, 0.5) is 4.39 Å². The van der Waals surface area contributed by atoms with Gasteiger partial charge in [0.15, 0.2) is 0 Å². The fourth-order valence-corrected chi connectivity index (χ4v) is 2.02. The molecule has 1 aromatic rings. The van der Waals surface area contributed by atoms with Gasteiger partial charge in [0, 0.05) is 5.56 Å². The van der Waals surface area contributed by atoms with Crippen LogP contribution in [0.5, 0.6) is 5.75 Å². The highest BCUT2D eigenvalue weighted by Gasteiger charge is 2.27. The number of benzene rings is 1. The lowest BCUT2D eigenvalue weighted by Crippen LogP contribution is -2.31. The van der Waals surface area contributed by atoms with Crippen molar-refractivity contribution in [1.82, 2.24) is 0 Å². The maximum Gasteiger partial charge on any atom is 0.130 e. The van der Waals surface area contributed by atoms with Gasteiger partial charge in [0.1, 0.15) is 11.6 Å². The Hall–Kier alpha value is -1.31. The van der Waals surface area contributed by atoms with E-state index in [2.05, 4.69) is 13.5 Å². The molecule has 1 aliphatic rings. The highest BCUT2D eigenvalue weighted by Crippen LogP contribution is 2.31. The van der Waals surface area contributed by atoms with Gasteiger partial charge in [-0.15, -0.1) is 0 Å². The summed E-state index contributed by atoms with van der Waals surface area (Å²) in [5.74, 6) is 1.27. The molecular formula is C14H17FO. The van der Waals surface area contributed by atoms with Gasteiger partial charge in [0.25, 0.3) is 0 Å². The zero-order valence-electron chi connectivity index (χ0n) is 9.79. The average molecular weight is 220 g/mol. The summed E-state index contributed by atoms with van der Waals surface area (Å²) in [6.07, 6.45) is 2.50. The Morgan fingerprint density at radius 1 is 1.44 bits per heavy atom. The molecule has 0 heterocycles. The van der Waals surface area contributed by atoms with Crippen LogP contribution in [0.3, 0.4) is 0 Å². The van der Waals surface area contributed by atoms with Gasteiger partial charge in [-0.1, -0.05) is 13.5 Å².